The Balaban J connectivity index is 1.79. The van der Waals surface area contributed by atoms with Crippen LogP contribution in [0.2, 0.25) is 0 Å². The summed E-state index contributed by atoms with van der Waals surface area (Å²) < 4.78 is 5.56. The molecule has 1 atom stereocenters. The molecule has 1 aliphatic rings. The first-order chi connectivity index (χ1) is 13.3. The SMILES string of the molecule is CC(C)(C)OC(=O)N1CC(=O)N(Cc2ccccc2)C[C@@H]1Cc1ccccc1. The molecule has 2 amide bonds. The van der Waals surface area contributed by atoms with Gasteiger partial charge in [0.15, 0.2) is 0 Å². The van der Waals surface area contributed by atoms with Crippen LogP contribution in [0.4, 0.5) is 4.79 Å². The number of ether oxygens (including phenoxy) is 1. The van der Waals surface area contributed by atoms with Crippen molar-refractivity contribution in [1.29, 1.82) is 0 Å². The molecule has 2 aromatic rings. The van der Waals surface area contributed by atoms with E-state index < -0.39 is 11.7 Å². The molecule has 0 saturated carbocycles. The van der Waals surface area contributed by atoms with Crippen LogP contribution < -0.4 is 0 Å². The summed E-state index contributed by atoms with van der Waals surface area (Å²) in [4.78, 5) is 28.9. The Kier molecular flexibility index (Phi) is 6.02. The van der Waals surface area contributed by atoms with Gasteiger partial charge in [0.05, 0.1) is 6.04 Å². The molecule has 148 valence electrons. The van der Waals surface area contributed by atoms with E-state index in [0.29, 0.717) is 19.5 Å². The van der Waals surface area contributed by atoms with Crippen molar-refractivity contribution in [2.24, 2.45) is 0 Å². The normalized spacial score (nSPS) is 17.5. The lowest BCUT2D eigenvalue weighted by molar-refractivity contribution is -0.139. The molecule has 28 heavy (non-hydrogen) atoms. The predicted octanol–water partition coefficient (Wildman–Crippen LogP) is 3.88. The van der Waals surface area contributed by atoms with E-state index in [9.17, 15) is 9.59 Å². The van der Waals surface area contributed by atoms with Gasteiger partial charge in [0, 0.05) is 13.1 Å². The molecule has 5 heteroatoms. The van der Waals surface area contributed by atoms with Crippen molar-refractivity contribution in [1.82, 2.24) is 9.80 Å². The average Bonchev–Trinajstić information content (AvgIpc) is 2.64. The molecule has 0 aromatic heterocycles. The molecule has 1 fully saturated rings. The molecule has 1 heterocycles. The maximum Gasteiger partial charge on any atom is 0.411 e. The summed E-state index contributed by atoms with van der Waals surface area (Å²) in [6.45, 7) is 6.59. The van der Waals surface area contributed by atoms with E-state index in [1.807, 2.05) is 86.3 Å². The quantitative estimate of drug-likeness (QED) is 0.809. The van der Waals surface area contributed by atoms with Gasteiger partial charge in [-0.2, -0.15) is 0 Å². The molecule has 0 aliphatic carbocycles. The van der Waals surface area contributed by atoms with Gasteiger partial charge in [-0.25, -0.2) is 4.79 Å². The molecule has 0 radical (unpaired) electrons. The smallest absolute Gasteiger partial charge is 0.411 e. The first kappa shape index (κ1) is 19.9. The van der Waals surface area contributed by atoms with Gasteiger partial charge in [-0.3, -0.25) is 9.69 Å². The van der Waals surface area contributed by atoms with Gasteiger partial charge < -0.3 is 9.64 Å². The van der Waals surface area contributed by atoms with Crippen LogP contribution in [0.25, 0.3) is 0 Å². The summed E-state index contributed by atoms with van der Waals surface area (Å²) >= 11 is 0. The molecule has 0 N–H and O–H groups in total. The fourth-order valence-corrected chi connectivity index (χ4v) is 3.38. The van der Waals surface area contributed by atoms with Crippen molar-refractivity contribution >= 4 is 12.0 Å². The minimum absolute atomic E-state index is 0.0409. The van der Waals surface area contributed by atoms with Gasteiger partial charge in [-0.15, -0.1) is 0 Å². The number of rotatable bonds is 4. The van der Waals surface area contributed by atoms with Crippen LogP contribution in [0.5, 0.6) is 0 Å². The first-order valence-electron chi connectivity index (χ1n) is 9.67. The average molecular weight is 380 g/mol. The monoisotopic (exact) mass is 380 g/mol. The van der Waals surface area contributed by atoms with Gasteiger partial charge in [-0.1, -0.05) is 60.7 Å². The van der Waals surface area contributed by atoms with Crippen LogP contribution in [-0.4, -0.2) is 46.5 Å². The Hall–Kier alpha value is -2.82. The van der Waals surface area contributed by atoms with E-state index in [4.69, 9.17) is 4.74 Å². The van der Waals surface area contributed by atoms with Gasteiger partial charge in [0.1, 0.15) is 12.1 Å². The maximum atomic E-state index is 12.8. The van der Waals surface area contributed by atoms with Crippen molar-refractivity contribution in [2.45, 2.75) is 45.4 Å². The second kappa shape index (κ2) is 8.46. The minimum atomic E-state index is -0.599. The Bertz CT molecular complexity index is 800. The van der Waals surface area contributed by atoms with Crippen LogP contribution in [0.3, 0.4) is 0 Å². The molecular weight excluding hydrogens is 352 g/mol. The summed E-state index contributed by atoms with van der Waals surface area (Å²) in [6.07, 6.45) is 0.250. The summed E-state index contributed by atoms with van der Waals surface area (Å²) in [6, 6.07) is 19.8. The number of benzene rings is 2. The van der Waals surface area contributed by atoms with Crippen molar-refractivity contribution in [3.63, 3.8) is 0 Å². The van der Waals surface area contributed by atoms with Crippen molar-refractivity contribution in [3.05, 3.63) is 71.8 Å². The molecule has 3 rings (SSSR count). The summed E-state index contributed by atoms with van der Waals surface area (Å²) in [5, 5.41) is 0. The highest BCUT2D eigenvalue weighted by Gasteiger charge is 2.37. The van der Waals surface area contributed by atoms with Crippen molar-refractivity contribution in [3.8, 4) is 0 Å². The van der Waals surface area contributed by atoms with Crippen LogP contribution >= 0.6 is 0 Å². The van der Waals surface area contributed by atoms with E-state index in [0.717, 1.165) is 11.1 Å². The van der Waals surface area contributed by atoms with Crippen molar-refractivity contribution in [2.75, 3.05) is 13.1 Å². The molecule has 1 saturated heterocycles. The van der Waals surface area contributed by atoms with E-state index in [-0.39, 0.29) is 18.5 Å². The van der Waals surface area contributed by atoms with Gasteiger partial charge >= 0.3 is 6.09 Å². The minimum Gasteiger partial charge on any atom is -0.444 e. The molecule has 0 spiro atoms. The van der Waals surface area contributed by atoms with Crippen molar-refractivity contribution < 1.29 is 14.3 Å². The number of piperazine rings is 1. The van der Waals surface area contributed by atoms with Crippen LogP contribution in [0.15, 0.2) is 60.7 Å². The van der Waals surface area contributed by atoms with Gasteiger partial charge in [-0.05, 0) is 38.3 Å². The maximum absolute atomic E-state index is 12.8. The first-order valence-corrected chi connectivity index (χ1v) is 9.67. The Morgan fingerprint density at radius 3 is 2.14 bits per heavy atom. The lowest BCUT2D eigenvalue weighted by atomic mass is 10.0. The third-order valence-electron chi connectivity index (χ3n) is 4.69. The Morgan fingerprint density at radius 1 is 1.00 bits per heavy atom. The molecule has 0 unspecified atom stereocenters. The Morgan fingerprint density at radius 2 is 1.57 bits per heavy atom. The zero-order valence-corrected chi connectivity index (χ0v) is 16.8. The zero-order valence-electron chi connectivity index (χ0n) is 16.8. The number of hydrogen-bond donors (Lipinski definition) is 0. The van der Waals surface area contributed by atoms with Gasteiger partial charge in [0.25, 0.3) is 0 Å². The molecule has 5 nitrogen and oxygen atoms in total. The summed E-state index contributed by atoms with van der Waals surface area (Å²) in [5.41, 5.74) is 1.62. The van der Waals surface area contributed by atoms with E-state index >= 15 is 0 Å². The predicted molar refractivity (Wildman–Crippen MR) is 109 cm³/mol. The standard InChI is InChI=1S/C23H28N2O3/c1-23(2,3)28-22(27)25-17-21(26)24(15-19-12-8-5-9-13-19)16-20(25)14-18-10-6-4-7-11-18/h4-13,20H,14-17H2,1-3H3/t20-/m0/s1. The number of amides is 2. The third-order valence-corrected chi connectivity index (χ3v) is 4.69. The largest absolute Gasteiger partial charge is 0.444 e. The fourth-order valence-electron chi connectivity index (χ4n) is 3.38. The number of hydrogen-bond acceptors (Lipinski definition) is 3. The van der Waals surface area contributed by atoms with Crippen LogP contribution in [0.1, 0.15) is 31.9 Å². The zero-order chi connectivity index (χ0) is 20.1. The fraction of sp³-hybridized carbons (Fsp3) is 0.391. The van der Waals surface area contributed by atoms with Gasteiger partial charge in [0.2, 0.25) is 5.91 Å². The second-order valence-electron chi connectivity index (χ2n) is 8.21. The molecule has 2 aromatic carbocycles. The number of carbonyl (C=O) groups is 2. The lowest BCUT2D eigenvalue weighted by Crippen LogP contribution is -2.59. The van der Waals surface area contributed by atoms with E-state index in [1.165, 1.54) is 0 Å². The molecule has 0 bridgehead atoms. The summed E-state index contributed by atoms with van der Waals surface area (Å²) in [5.74, 6) is -0.0565. The van der Waals surface area contributed by atoms with Crippen LogP contribution in [-0.2, 0) is 22.5 Å². The summed E-state index contributed by atoms with van der Waals surface area (Å²) in [7, 11) is 0. The lowest BCUT2D eigenvalue weighted by Gasteiger charge is -2.41. The second-order valence-corrected chi connectivity index (χ2v) is 8.21. The van der Waals surface area contributed by atoms with Crippen LogP contribution in [0, 0.1) is 0 Å². The third kappa shape index (κ3) is 5.35. The highest BCUT2D eigenvalue weighted by molar-refractivity contribution is 5.84. The molecule has 1 aliphatic heterocycles. The van der Waals surface area contributed by atoms with E-state index in [1.54, 1.807) is 4.90 Å². The van der Waals surface area contributed by atoms with E-state index in [2.05, 4.69) is 0 Å². The highest BCUT2D eigenvalue weighted by Crippen LogP contribution is 2.21. The Labute approximate surface area is 166 Å². The molecular formula is C23H28N2O3. The number of nitrogens with zero attached hydrogens (tertiary/aromatic N) is 2. The highest BCUT2D eigenvalue weighted by atomic mass is 16.6. The number of carbonyl (C=O) groups excluding carboxylic acids is 2. The topological polar surface area (TPSA) is 49.9 Å².